The molecule has 2 aliphatic heterocycles. The van der Waals surface area contributed by atoms with Crippen molar-refractivity contribution in [1.82, 2.24) is 14.5 Å². The number of hydrogen-bond donors (Lipinski definition) is 0. The van der Waals surface area contributed by atoms with Crippen molar-refractivity contribution in [2.24, 2.45) is 11.3 Å². The molecule has 1 aromatic heterocycles. The van der Waals surface area contributed by atoms with Crippen LogP contribution in [0.15, 0.2) is 91.0 Å². The van der Waals surface area contributed by atoms with Crippen LogP contribution >= 0.6 is 0 Å². The zero-order valence-electron chi connectivity index (χ0n) is 25.3. The van der Waals surface area contributed by atoms with Gasteiger partial charge in [-0.05, 0) is 50.4 Å². The quantitative estimate of drug-likeness (QED) is 0.195. The number of ether oxygens (including phenoxy) is 2. The fraction of sp³-hybridized carbons (Fsp3) is 0.432. The summed E-state index contributed by atoms with van der Waals surface area (Å²) >= 11 is 0. The fourth-order valence-electron chi connectivity index (χ4n) is 6.84. The molecule has 1 unspecified atom stereocenters. The lowest BCUT2D eigenvalue weighted by atomic mass is 9.74. The largest absolute Gasteiger partial charge is 0.345 e. The number of piperidine rings is 1. The maximum absolute atomic E-state index is 6.65. The van der Waals surface area contributed by atoms with Crippen LogP contribution < -0.4 is 0 Å². The molecule has 1 atom stereocenters. The van der Waals surface area contributed by atoms with E-state index >= 15 is 0 Å². The van der Waals surface area contributed by atoms with Crippen LogP contribution in [0, 0.1) is 11.3 Å². The van der Waals surface area contributed by atoms with E-state index < -0.39 is 6.29 Å². The normalized spacial score (nSPS) is 22.2. The van der Waals surface area contributed by atoms with Crippen molar-refractivity contribution >= 4 is 0 Å². The van der Waals surface area contributed by atoms with Crippen LogP contribution in [0.25, 0.3) is 22.5 Å². The third-order valence-electron chi connectivity index (χ3n) is 9.34. The molecule has 0 saturated carbocycles. The summed E-state index contributed by atoms with van der Waals surface area (Å²) in [6.07, 6.45) is 5.89. The molecule has 6 rings (SSSR count). The average molecular weight is 564 g/mol. The molecule has 2 aliphatic rings. The molecular weight excluding hydrogens is 518 g/mol. The third kappa shape index (κ3) is 6.39. The Bertz CT molecular complexity index is 1390. The molecule has 4 aromatic rings. The van der Waals surface area contributed by atoms with Gasteiger partial charge in [0.15, 0.2) is 5.82 Å². The molecule has 5 nitrogen and oxygen atoms in total. The summed E-state index contributed by atoms with van der Waals surface area (Å²) < 4.78 is 15.6. The van der Waals surface area contributed by atoms with Crippen molar-refractivity contribution in [2.75, 3.05) is 32.8 Å². The Morgan fingerprint density at radius 2 is 1.40 bits per heavy atom. The lowest BCUT2D eigenvalue weighted by Crippen LogP contribution is -2.44. The highest BCUT2D eigenvalue weighted by Gasteiger charge is 2.41. The number of benzene rings is 3. The van der Waals surface area contributed by atoms with E-state index in [0.717, 1.165) is 34.8 Å². The van der Waals surface area contributed by atoms with Crippen LogP contribution in [0.4, 0.5) is 0 Å². The van der Waals surface area contributed by atoms with Gasteiger partial charge in [0.25, 0.3) is 0 Å². The molecule has 0 amide bonds. The van der Waals surface area contributed by atoms with Gasteiger partial charge in [-0.25, -0.2) is 4.98 Å². The van der Waals surface area contributed by atoms with E-state index in [4.69, 9.17) is 14.5 Å². The van der Waals surface area contributed by atoms with Gasteiger partial charge in [0.2, 0.25) is 6.29 Å². The van der Waals surface area contributed by atoms with Crippen LogP contribution in [0.3, 0.4) is 0 Å². The lowest BCUT2D eigenvalue weighted by Gasteiger charge is -2.43. The maximum Gasteiger partial charge on any atom is 0.217 e. The predicted molar refractivity (Wildman–Crippen MR) is 170 cm³/mol. The summed E-state index contributed by atoms with van der Waals surface area (Å²) in [7, 11) is 0. The van der Waals surface area contributed by atoms with Gasteiger partial charge in [0.1, 0.15) is 0 Å². The summed E-state index contributed by atoms with van der Waals surface area (Å²) in [6.45, 7) is 10.4. The zero-order valence-corrected chi connectivity index (χ0v) is 25.3. The minimum Gasteiger partial charge on any atom is -0.345 e. The SMILES string of the molecule is CCC(CCN1CCCCC1)C1(C)COC(c2nc(-c3ccccc3)c(-c3ccccc3)n2Cc2ccccc2)OC1. The first-order chi connectivity index (χ1) is 20.6. The average Bonchev–Trinajstić information content (AvgIpc) is 3.42. The van der Waals surface area contributed by atoms with Crippen LogP contribution in [0.1, 0.15) is 63.6 Å². The topological polar surface area (TPSA) is 39.5 Å². The van der Waals surface area contributed by atoms with Gasteiger partial charge in [0.05, 0.1) is 24.6 Å². The molecule has 3 heterocycles. The highest BCUT2D eigenvalue weighted by Crippen LogP contribution is 2.42. The highest BCUT2D eigenvalue weighted by atomic mass is 16.7. The monoisotopic (exact) mass is 563 g/mol. The van der Waals surface area contributed by atoms with Gasteiger partial charge in [-0.3, -0.25) is 0 Å². The van der Waals surface area contributed by atoms with Crippen molar-refractivity contribution in [3.8, 4) is 22.5 Å². The Hall–Kier alpha value is -3.25. The Morgan fingerprint density at radius 3 is 2.02 bits per heavy atom. The molecule has 0 aliphatic carbocycles. The van der Waals surface area contributed by atoms with Crippen molar-refractivity contribution in [3.63, 3.8) is 0 Å². The minimum absolute atomic E-state index is 0.0115. The summed E-state index contributed by atoms with van der Waals surface area (Å²) in [6, 6.07) is 31.7. The van der Waals surface area contributed by atoms with Crippen molar-refractivity contribution in [2.45, 2.75) is 58.8 Å². The minimum atomic E-state index is -0.513. The molecule has 220 valence electrons. The summed E-state index contributed by atoms with van der Waals surface area (Å²) in [5, 5.41) is 0. The number of rotatable bonds is 10. The Morgan fingerprint density at radius 1 is 0.810 bits per heavy atom. The molecule has 0 bridgehead atoms. The van der Waals surface area contributed by atoms with E-state index in [0.29, 0.717) is 25.7 Å². The number of aromatic nitrogens is 2. The van der Waals surface area contributed by atoms with Gasteiger partial charge in [0, 0.05) is 23.1 Å². The summed E-state index contributed by atoms with van der Waals surface area (Å²) in [5.74, 6) is 1.39. The molecular formula is C37H45N3O2. The molecule has 3 aromatic carbocycles. The predicted octanol–water partition coefficient (Wildman–Crippen LogP) is 8.22. The first-order valence-electron chi connectivity index (χ1n) is 15.9. The van der Waals surface area contributed by atoms with E-state index in [1.54, 1.807) is 0 Å². The van der Waals surface area contributed by atoms with E-state index in [9.17, 15) is 0 Å². The van der Waals surface area contributed by atoms with E-state index in [-0.39, 0.29) is 5.41 Å². The van der Waals surface area contributed by atoms with Crippen molar-refractivity contribution in [3.05, 3.63) is 102 Å². The first-order valence-corrected chi connectivity index (χ1v) is 15.9. The van der Waals surface area contributed by atoms with E-state index in [1.165, 1.54) is 50.9 Å². The lowest BCUT2D eigenvalue weighted by molar-refractivity contribution is -0.246. The maximum atomic E-state index is 6.65. The van der Waals surface area contributed by atoms with Gasteiger partial charge in [-0.2, -0.15) is 0 Å². The number of imidazole rings is 1. The third-order valence-corrected chi connectivity index (χ3v) is 9.34. The van der Waals surface area contributed by atoms with Crippen LogP contribution in [0.5, 0.6) is 0 Å². The van der Waals surface area contributed by atoms with Gasteiger partial charge >= 0.3 is 0 Å². The summed E-state index contributed by atoms with van der Waals surface area (Å²) in [5.41, 5.74) is 5.49. The molecule has 2 fully saturated rings. The van der Waals surface area contributed by atoms with E-state index in [2.05, 4.69) is 114 Å². The molecule has 42 heavy (non-hydrogen) atoms. The standard InChI is InChI=1S/C37H45N3O2/c1-3-32(22-25-39-23-14-7-15-24-39)37(2)27-41-36(42-28-37)35-38-33(30-18-10-5-11-19-30)34(31-20-12-6-13-21-31)40(35)26-29-16-8-4-9-17-29/h4-6,8-13,16-21,32,36H,3,7,14-15,22-28H2,1-2H3. The highest BCUT2D eigenvalue weighted by molar-refractivity contribution is 5.79. The molecule has 0 spiro atoms. The van der Waals surface area contributed by atoms with Gasteiger partial charge in [-0.1, -0.05) is 118 Å². The van der Waals surface area contributed by atoms with Crippen LogP contribution in [0.2, 0.25) is 0 Å². The van der Waals surface area contributed by atoms with Gasteiger partial charge < -0.3 is 18.9 Å². The molecule has 0 radical (unpaired) electrons. The van der Waals surface area contributed by atoms with Gasteiger partial charge in [-0.15, -0.1) is 0 Å². The zero-order chi connectivity index (χ0) is 28.8. The second-order valence-electron chi connectivity index (χ2n) is 12.4. The smallest absolute Gasteiger partial charge is 0.217 e. The fourth-order valence-corrected chi connectivity index (χ4v) is 6.84. The number of likely N-dealkylation sites (tertiary alicyclic amines) is 1. The van der Waals surface area contributed by atoms with Crippen molar-refractivity contribution in [1.29, 1.82) is 0 Å². The molecule has 5 heteroatoms. The molecule has 0 N–H and O–H groups in total. The number of nitrogens with zero attached hydrogens (tertiary/aromatic N) is 3. The van der Waals surface area contributed by atoms with Crippen molar-refractivity contribution < 1.29 is 9.47 Å². The molecule has 2 saturated heterocycles. The second-order valence-corrected chi connectivity index (χ2v) is 12.4. The second kappa shape index (κ2) is 13.4. The summed E-state index contributed by atoms with van der Waals surface area (Å²) in [4.78, 5) is 7.95. The Balaban J connectivity index is 1.31. The number of hydrogen-bond acceptors (Lipinski definition) is 4. The van der Waals surface area contributed by atoms with E-state index in [1.807, 2.05) is 0 Å². The Labute approximate surface area is 251 Å². The van der Waals surface area contributed by atoms with Crippen LogP contribution in [-0.4, -0.2) is 47.3 Å². The first kappa shape index (κ1) is 28.9. The Kier molecular flexibility index (Phi) is 9.18. The van der Waals surface area contributed by atoms with Crippen LogP contribution in [-0.2, 0) is 16.0 Å².